The summed E-state index contributed by atoms with van der Waals surface area (Å²) in [7, 11) is -0.367. The predicted molar refractivity (Wildman–Crippen MR) is 86.5 cm³/mol. The highest BCUT2D eigenvalue weighted by Gasteiger charge is 2.51. The summed E-state index contributed by atoms with van der Waals surface area (Å²) in [4.78, 5) is 10.6. The summed E-state index contributed by atoms with van der Waals surface area (Å²) >= 11 is 0. The minimum Gasteiger partial charge on any atom is -0.465 e. The molecule has 0 aromatic heterocycles. The van der Waals surface area contributed by atoms with E-state index in [-0.39, 0.29) is 24.4 Å². The summed E-state index contributed by atoms with van der Waals surface area (Å²) in [6, 6.07) is 7.80. The lowest BCUT2D eigenvalue weighted by Gasteiger charge is -2.32. The van der Waals surface area contributed by atoms with Gasteiger partial charge in [0.2, 0.25) is 0 Å². The number of carbonyl (C=O) groups is 1. The molecule has 1 aromatic carbocycles. The molecule has 1 aliphatic rings. The van der Waals surface area contributed by atoms with Gasteiger partial charge in [0.15, 0.2) is 0 Å². The lowest BCUT2D eigenvalue weighted by molar-refractivity contribution is 0.00578. The van der Waals surface area contributed by atoms with Crippen molar-refractivity contribution in [2.75, 3.05) is 0 Å². The summed E-state index contributed by atoms with van der Waals surface area (Å²) in [6.45, 7) is 9.96. The SMILES string of the molecule is CC(Cc1ccc(B2OC(C)(C)C(C)(C)O2)cc1)NC(=O)O. The standard InChI is InChI=1S/C16H24BNO4/c1-11(18-14(19)20)10-12-6-8-13(9-7-12)17-21-15(2,3)16(4,5)22-17/h6-9,11,18H,10H2,1-5H3,(H,19,20). The maximum absolute atomic E-state index is 10.6. The number of benzene rings is 1. The van der Waals surface area contributed by atoms with Crippen LogP contribution in [0.3, 0.4) is 0 Å². The first-order valence-electron chi connectivity index (χ1n) is 7.55. The van der Waals surface area contributed by atoms with Crippen LogP contribution in [0.25, 0.3) is 0 Å². The van der Waals surface area contributed by atoms with Crippen LogP contribution in [0.5, 0.6) is 0 Å². The summed E-state index contributed by atoms with van der Waals surface area (Å²) < 4.78 is 12.0. The van der Waals surface area contributed by atoms with Crippen LogP contribution in [0.4, 0.5) is 4.79 Å². The Morgan fingerprint density at radius 3 is 2.14 bits per heavy atom. The van der Waals surface area contributed by atoms with Crippen LogP contribution >= 0.6 is 0 Å². The minimum absolute atomic E-state index is 0.125. The zero-order chi connectivity index (χ0) is 16.5. The molecule has 1 amide bonds. The third-order valence-corrected chi connectivity index (χ3v) is 4.42. The van der Waals surface area contributed by atoms with E-state index in [9.17, 15) is 4.79 Å². The van der Waals surface area contributed by atoms with E-state index >= 15 is 0 Å². The molecule has 2 rings (SSSR count). The van der Waals surface area contributed by atoms with E-state index in [0.717, 1.165) is 11.0 Å². The molecule has 1 saturated heterocycles. The second kappa shape index (κ2) is 5.93. The molecule has 0 radical (unpaired) electrons. The van der Waals surface area contributed by atoms with E-state index in [1.165, 1.54) is 0 Å². The largest absolute Gasteiger partial charge is 0.494 e. The molecule has 5 nitrogen and oxygen atoms in total. The van der Waals surface area contributed by atoms with Gasteiger partial charge in [-0.05, 0) is 52.1 Å². The van der Waals surface area contributed by atoms with E-state index in [0.29, 0.717) is 6.42 Å². The highest BCUT2D eigenvalue weighted by Crippen LogP contribution is 2.36. The number of rotatable bonds is 4. The molecule has 1 unspecified atom stereocenters. The highest BCUT2D eigenvalue weighted by molar-refractivity contribution is 6.62. The molecule has 120 valence electrons. The molecule has 6 heteroatoms. The van der Waals surface area contributed by atoms with Crippen molar-refractivity contribution in [1.82, 2.24) is 5.32 Å². The van der Waals surface area contributed by atoms with Crippen molar-refractivity contribution in [3.8, 4) is 0 Å². The van der Waals surface area contributed by atoms with Crippen molar-refractivity contribution in [2.45, 2.75) is 58.3 Å². The Morgan fingerprint density at radius 1 is 1.18 bits per heavy atom. The van der Waals surface area contributed by atoms with Crippen LogP contribution in [0.2, 0.25) is 0 Å². The highest BCUT2D eigenvalue weighted by atomic mass is 16.7. The lowest BCUT2D eigenvalue weighted by atomic mass is 9.78. The summed E-state index contributed by atoms with van der Waals surface area (Å²) in [6.07, 6.45) is -0.350. The molecule has 0 bridgehead atoms. The van der Waals surface area contributed by atoms with Gasteiger partial charge in [-0.3, -0.25) is 0 Å². The first kappa shape index (κ1) is 16.8. The maximum atomic E-state index is 10.6. The van der Waals surface area contributed by atoms with Crippen molar-refractivity contribution in [2.24, 2.45) is 0 Å². The van der Waals surface area contributed by atoms with Crippen molar-refractivity contribution in [1.29, 1.82) is 0 Å². The quantitative estimate of drug-likeness (QED) is 0.837. The molecule has 1 aliphatic heterocycles. The Labute approximate surface area is 132 Å². The summed E-state index contributed by atoms with van der Waals surface area (Å²) in [5, 5.41) is 11.2. The van der Waals surface area contributed by atoms with Gasteiger partial charge in [-0.1, -0.05) is 24.3 Å². The van der Waals surface area contributed by atoms with Crippen LogP contribution in [-0.2, 0) is 15.7 Å². The Hall–Kier alpha value is -1.53. The molecular formula is C16H24BNO4. The van der Waals surface area contributed by atoms with E-state index < -0.39 is 6.09 Å². The molecule has 1 aromatic rings. The zero-order valence-electron chi connectivity index (χ0n) is 13.8. The number of hydrogen-bond acceptors (Lipinski definition) is 3. The molecule has 1 atom stereocenters. The van der Waals surface area contributed by atoms with E-state index in [2.05, 4.69) is 5.32 Å². The third-order valence-electron chi connectivity index (χ3n) is 4.42. The Bertz CT molecular complexity index is 526. The first-order chi connectivity index (χ1) is 10.1. The van der Waals surface area contributed by atoms with Gasteiger partial charge in [0.25, 0.3) is 0 Å². The average Bonchev–Trinajstić information content (AvgIpc) is 2.58. The second-order valence-electron chi connectivity index (χ2n) is 6.88. The number of carboxylic acid groups (broad SMARTS) is 1. The van der Waals surface area contributed by atoms with Crippen molar-refractivity contribution in [3.63, 3.8) is 0 Å². The fraction of sp³-hybridized carbons (Fsp3) is 0.562. The third kappa shape index (κ3) is 3.62. The van der Waals surface area contributed by atoms with Gasteiger partial charge in [-0.25, -0.2) is 4.79 Å². The smallest absolute Gasteiger partial charge is 0.465 e. The molecule has 0 saturated carbocycles. The molecule has 1 heterocycles. The van der Waals surface area contributed by atoms with Crippen molar-refractivity contribution < 1.29 is 19.2 Å². The Balaban J connectivity index is 2.03. The van der Waals surface area contributed by atoms with Crippen LogP contribution in [0.15, 0.2) is 24.3 Å². The number of amides is 1. The monoisotopic (exact) mass is 305 g/mol. The Morgan fingerprint density at radius 2 is 1.68 bits per heavy atom. The van der Waals surface area contributed by atoms with Crippen LogP contribution in [-0.4, -0.2) is 35.6 Å². The van der Waals surface area contributed by atoms with Crippen molar-refractivity contribution >= 4 is 18.7 Å². The van der Waals surface area contributed by atoms with Gasteiger partial charge >= 0.3 is 13.2 Å². The molecule has 0 spiro atoms. The second-order valence-corrected chi connectivity index (χ2v) is 6.88. The van der Waals surface area contributed by atoms with Gasteiger partial charge in [0.05, 0.1) is 11.2 Å². The normalized spacial score (nSPS) is 20.7. The Kier molecular flexibility index (Phi) is 4.54. The predicted octanol–water partition coefficient (Wildman–Crippen LogP) is 2.18. The summed E-state index contributed by atoms with van der Waals surface area (Å²) in [5.74, 6) is 0. The molecule has 2 N–H and O–H groups in total. The fourth-order valence-electron chi connectivity index (χ4n) is 2.41. The minimum atomic E-state index is -0.999. The number of nitrogens with one attached hydrogen (secondary N) is 1. The first-order valence-corrected chi connectivity index (χ1v) is 7.55. The van der Waals surface area contributed by atoms with Gasteiger partial charge < -0.3 is 19.7 Å². The van der Waals surface area contributed by atoms with E-state index in [1.807, 2.05) is 58.9 Å². The zero-order valence-corrected chi connectivity index (χ0v) is 13.8. The molecular weight excluding hydrogens is 281 g/mol. The fourth-order valence-corrected chi connectivity index (χ4v) is 2.41. The van der Waals surface area contributed by atoms with Crippen LogP contribution < -0.4 is 10.8 Å². The molecule has 1 fully saturated rings. The summed E-state index contributed by atoms with van der Waals surface area (Å²) in [5.41, 5.74) is 1.34. The van der Waals surface area contributed by atoms with Crippen LogP contribution in [0.1, 0.15) is 40.2 Å². The van der Waals surface area contributed by atoms with Gasteiger partial charge in [-0.15, -0.1) is 0 Å². The lowest BCUT2D eigenvalue weighted by Crippen LogP contribution is -2.41. The van der Waals surface area contributed by atoms with E-state index in [4.69, 9.17) is 14.4 Å². The maximum Gasteiger partial charge on any atom is 0.494 e. The van der Waals surface area contributed by atoms with Gasteiger partial charge in [0.1, 0.15) is 0 Å². The van der Waals surface area contributed by atoms with Gasteiger partial charge in [0, 0.05) is 6.04 Å². The van der Waals surface area contributed by atoms with Crippen LogP contribution in [0, 0.1) is 0 Å². The topological polar surface area (TPSA) is 67.8 Å². The molecule has 22 heavy (non-hydrogen) atoms. The van der Waals surface area contributed by atoms with Gasteiger partial charge in [-0.2, -0.15) is 0 Å². The molecule has 0 aliphatic carbocycles. The van der Waals surface area contributed by atoms with Crippen molar-refractivity contribution in [3.05, 3.63) is 29.8 Å². The van der Waals surface area contributed by atoms with E-state index in [1.54, 1.807) is 0 Å². The number of hydrogen-bond donors (Lipinski definition) is 2. The average molecular weight is 305 g/mol.